The maximum Gasteiger partial charge on any atom is 0.271 e. The fourth-order valence-electron chi connectivity index (χ4n) is 1.73. The maximum absolute atomic E-state index is 10.8. The molecule has 0 spiro atoms. The largest absolute Gasteiger partial charge is 0.390 e. The van der Waals surface area contributed by atoms with Gasteiger partial charge in [0.05, 0.1) is 16.9 Å². The van der Waals surface area contributed by atoms with Crippen molar-refractivity contribution in [3.05, 3.63) is 33.9 Å². The molecule has 19 heavy (non-hydrogen) atoms. The smallest absolute Gasteiger partial charge is 0.271 e. The minimum absolute atomic E-state index is 0.0239. The highest BCUT2D eigenvalue weighted by Crippen LogP contribution is 2.32. The second-order valence-electron chi connectivity index (χ2n) is 5.43. The molecule has 0 saturated heterocycles. The van der Waals surface area contributed by atoms with Crippen LogP contribution in [-0.2, 0) is 5.41 Å². The number of aliphatic hydroxyl groups is 1. The molecule has 2 N–H and O–H groups in total. The lowest BCUT2D eigenvalue weighted by atomic mass is 9.85. The van der Waals surface area contributed by atoms with Crippen LogP contribution in [0.1, 0.15) is 26.3 Å². The molecule has 0 aliphatic carbocycles. The summed E-state index contributed by atoms with van der Waals surface area (Å²) in [7, 11) is 0. The van der Waals surface area contributed by atoms with Gasteiger partial charge < -0.3 is 10.4 Å². The van der Waals surface area contributed by atoms with Gasteiger partial charge in [-0.15, -0.1) is 11.6 Å². The summed E-state index contributed by atoms with van der Waals surface area (Å²) in [6.07, 6.45) is -0.686. The summed E-state index contributed by atoms with van der Waals surface area (Å²) in [6, 6.07) is 4.72. The molecule has 1 aromatic carbocycles. The van der Waals surface area contributed by atoms with Crippen molar-refractivity contribution in [2.45, 2.75) is 32.3 Å². The number of non-ortho nitro benzene ring substituents is 1. The van der Waals surface area contributed by atoms with Crippen molar-refractivity contribution in [1.29, 1.82) is 0 Å². The van der Waals surface area contributed by atoms with Crippen LogP contribution >= 0.6 is 11.6 Å². The van der Waals surface area contributed by atoms with Crippen molar-refractivity contribution in [1.82, 2.24) is 0 Å². The molecule has 0 aliphatic heterocycles. The fourth-order valence-corrected chi connectivity index (χ4v) is 1.84. The van der Waals surface area contributed by atoms with E-state index < -0.39 is 11.0 Å². The Labute approximate surface area is 117 Å². The third-order valence-corrected chi connectivity index (χ3v) is 3.08. The number of nitrogens with one attached hydrogen (secondary N) is 1. The van der Waals surface area contributed by atoms with Crippen LogP contribution in [0, 0.1) is 10.1 Å². The van der Waals surface area contributed by atoms with Crippen molar-refractivity contribution in [2.24, 2.45) is 0 Å². The molecule has 1 unspecified atom stereocenters. The highest BCUT2D eigenvalue weighted by Gasteiger charge is 2.20. The third kappa shape index (κ3) is 4.36. The normalized spacial score (nSPS) is 13.1. The molecule has 106 valence electrons. The van der Waals surface area contributed by atoms with Gasteiger partial charge in [-0.05, 0) is 17.0 Å². The second kappa shape index (κ2) is 6.21. The Morgan fingerprint density at radius 2 is 2.11 bits per heavy atom. The summed E-state index contributed by atoms with van der Waals surface area (Å²) in [5.74, 6) is 0.118. The molecule has 0 fully saturated rings. The number of alkyl halides is 1. The number of nitro groups is 1. The quantitative estimate of drug-likeness (QED) is 0.496. The Morgan fingerprint density at radius 3 is 2.58 bits per heavy atom. The molecule has 1 aromatic rings. The van der Waals surface area contributed by atoms with E-state index in [1.54, 1.807) is 6.07 Å². The topological polar surface area (TPSA) is 75.4 Å². The molecule has 0 aromatic heterocycles. The third-order valence-electron chi connectivity index (χ3n) is 2.73. The molecule has 0 aliphatic rings. The second-order valence-corrected chi connectivity index (χ2v) is 5.73. The molecule has 5 nitrogen and oxygen atoms in total. The van der Waals surface area contributed by atoms with Gasteiger partial charge in [-0.3, -0.25) is 10.1 Å². The van der Waals surface area contributed by atoms with Gasteiger partial charge in [0, 0.05) is 24.4 Å². The van der Waals surface area contributed by atoms with E-state index in [0.29, 0.717) is 5.69 Å². The Kier molecular flexibility index (Phi) is 5.14. The van der Waals surface area contributed by atoms with Crippen LogP contribution in [-0.4, -0.2) is 28.6 Å². The molecule has 0 saturated carbocycles. The van der Waals surface area contributed by atoms with E-state index in [-0.39, 0.29) is 23.5 Å². The average molecular weight is 287 g/mol. The predicted molar refractivity (Wildman–Crippen MR) is 77.0 cm³/mol. The van der Waals surface area contributed by atoms with Crippen molar-refractivity contribution >= 4 is 23.0 Å². The molecular weight excluding hydrogens is 268 g/mol. The lowest BCUT2D eigenvalue weighted by molar-refractivity contribution is -0.384. The van der Waals surface area contributed by atoms with Gasteiger partial charge in [-0.25, -0.2) is 0 Å². The number of hydrogen-bond acceptors (Lipinski definition) is 4. The summed E-state index contributed by atoms with van der Waals surface area (Å²) in [5.41, 5.74) is 1.49. The van der Waals surface area contributed by atoms with Crippen LogP contribution in [0.3, 0.4) is 0 Å². The molecule has 1 rings (SSSR count). The summed E-state index contributed by atoms with van der Waals surface area (Å²) in [5, 5.41) is 23.3. The monoisotopic (exact) mass is 286 g/mol. The first-order chi connectivity index (χ1) is 8.75. The number of hydrogen-bond donors (Lipinski definition) is 2. The number of benzene rings is 1. The maximum atomic E-state index is 10.8. The standard InChI is InChI=1S/C13H19ClN2O3/c1-13(2,3)11-5-4-9(16(18)19)6-12(11)15-8-10(17)7-14/h4-6,10,15,17H,7-8H2,1-3H3. The first-order valence-corrected chi connectivity index (χ1v) is 6.56. The zero-order valence-electron chi connectivity index (χ0n) is 11.3. The van der Waals surface area contributed by atoms with Gasteiger partial charge >= 0.3 is 0 Å². The van der Waals surface area contributed by atoms with Gasteiger partial charge in [0.25, 0.3) is 5.69 Å². The Bertz CT molecular complexity index is 458. The fraction of sp³-hybridized carbons (Fsp3) is 0.538. The lowest BCUT2D eigenvalue weighted by Crippen LogP contribution is -2.23. The number of rotatable bonds is 5. The number of nitro benzene ring substituents is 1. The highest BCUT2D eigenvalue weighted by atomic mass is 35.5. The van der Waals surface area contributed by atoms with Gasteiger partial charge in [-0.2, -0.15) is 0 Å². The molecule has 1 atom stereocenters. The van der Waals surface area contributed by atoms with Crippen molar-refractivity contribution in [2.75, 3.05) is 17.7 Å². The van der Waals surface area contributed by atoms with Crippen molar-refractivity contribution in [3.8, 4) is 0 Å². The number of halogens is 1. The average Bonchev–Trinajstić information content (AvgIpc) is 2.34. The zero-order valence-corrected chi connectivity index (χ0v) is 12.1. The highest BCUT2D eigenvalue weighted by molar-refractivity contribution is 6.18. The van der Waals surface area contributed by atoms with E-state index in [1.165, 1.54) is 12.1 Å². The van der Waals surface area contributed by atoms with E-state index in [9.17, 15) is 15.2 Å². The molecule has 0 bridgehead atoms. The Morgan fingerprint density at radius 1 is 1.47 bits per heavy atom. The van der Waals surface area contributed by atoms with Crippen LogP contribution in [0.15, 0.2) is 18.2 Å². The van der Waals surface area contributed by atoms with Crippen molar-refractivity contribution < 1.29 is 10.0 Å². The molecule has 6 heteroatoms. The van der Waals surface area contributed by atoms with Gasteiger partial charge in [0.15, 0.2) is 0 Å². The van der Waals surface area contributed by atoms with E-state index in [1.807, 2.05) is 20.8 Å². The molecular formula is C13H19ClN2O3. The number of nitrogens with zero attached hydrogens (tertiary/aromatic N) is 1. The van der Waals surface area contributed by atoms with E-state index in [0.717, 1.165) is 5.56 Å². The Hall–Kier alpha value is -1.33. The zero-order chi connectivity index (χ0) is 14.6. The number of aliphatic hydroxyl groups excluding tert-OH is 1. The van der Waals surface area contributed by atoms with Gasteiger partial charge in [0.1, 0.15) is 0 Å². The summed E-state index contributed by atoms with van der Waals surface area (Å²) >= 11 is 5.53. The van der Waals surface area contributed by atoms with Crippen LogP contribution in [0.2, 0.25) is 0 Å². The SMILES string of the molecule is CC(C)(C)c1ccc([N+](=O)[O-])cc1NCC(O)CCl. The summed E-state index contributed by atoms with van der Waals surface area (Å²) in [4.78, 5) is 10.4. The lowest BCUT2D eigenvalue weighted by Gasteiger charge is -2.23. The summed E-state index contributed by atoms with van der Waals surface area (Å²) in [6.45, 7) is 6.33. The van der Waals surface area contributed by atoms with E-state index in [4.69, 9.17) is 11.6 Å². The molecule has 0 radical (unpaired) electrons. The summed E-state index contributed by atoms with van der Waals surface area (Å²) < 4.78 is 0. The minimum atomic E-state index is -0.686. The first-order valence-electron chi connectivity index (χ1n) is 6.02. The van der Waals surface area contributed by atoms with Crippen LogP contribution < -0.4 is 5.32 Å². The Balaban J connectivity index is 3.08. The number of anilines is 1. The molecule has 0 heterocycles. The van der Waals surface area contributed by atoms with Crippen LogP contribution in [0.5, 0.6) is 0 Å². The van der Waals surface area contributed by atoms with Crippen LogP contribution in [0.25, 0.3) is 0 Å². The van der Waals surface area contributed by atoms with E-state index in [2.05, 4.69) is 5.32 Å². The van der Waals surface area contributed by atoms with Crippen LogP contribution in [0.4, 0.5) is 11.4 Å². The van der Waals surface area contributed by atoms with Crippen molar-refractivity contribution in [3.63, 3.8) is 0 Å². The predicted octanol–water partition coefficient (Wildman–Crippen LogP) is 2.90. The first kappa shape index (κ1) is 15.7. The minimum Gasteiger partial charge on any atom is -0.390 e. The van der Waals surface area contributed by atoms with E-state index >= 15 is 0 Å². The molecule has 0 amide bonds. The van der Waals surface area contributed by atoms with Gasteiger partial charge in [-0.1, -0.05) is 20.8 Å². The van der Waals surface area contributed by atoms with Gasteiger partial charge in [0.2, 0.25) is 0 Å².